The summed E-state index contributed by atoms with van der Waals surface area (Å²) in [5.41, 5.74) is 2.41. The lowest BCUT2D eigenvalue weighted by molar-refractivity contribution is 0.0522. The summed E-state index contributed by atoms with van der Waals surface area (Å²) >= 11 is 0. The largest absolute Gasteiger partial charge is 0.451 e. The molecule has 0 aromatic heterocycles. The van der Waals surface area contributed by atoms with Gasteiger partial charge in [0.2, 0.25) is 8.32 Å². The molecule has 1 heterocycles. The predicted molar refractivity (Wildman–Crippen MR) is 69.8 cm³/mol. The molecule has 4 heteroatoms. The monoisotopic (exact) mass is 244 g/mol. The van der Waals surface area contributed by atoms with Gasteiger partial charge >= 0.3 is 0 Å². The minimum absolute atomic E-state index is 0.387. The van der Waals surface area contributed by atoms with Crippen LogP contribution in [0.25, 0.3) is 0 Å². The molecule has 1 aliphatic rings. The van der Waals surface area contributed by atoms with Crippen LogP contribution < -0.4 is 0 Å². The molecule has 0 saturated carbocycles. The van der Waals surface area contributed by atoms with Gasteiger partial charge in [-0.3, -0.25) is 0 Å². The molecule has 0 aromatic carbocycles. The van der Waals surface area contributed by atoms with E-state index < -0.39 is 16.6 Å². The van der Waals surface area contributed by atoms with Gasteiger partial charge in [-0.05, 0) is 45.5 Å². The molecular formula is C11H24O2Si2. The molecule has 15 heavy (non-hydrogen) atoms. The lowest BCUT2D eigenvalue weighted by Gasteiger charge is -2.39. The molecule has 0 spiro atoms. The van der Waals surface area contributed by atoms with Crippen LogP contribution in [0, 0.1) is 0 Å². The maximum atomic E-state index is 6.35. The second-order valence-electron chi connectivity index (χ2n) is 5.37. The molecule has 1 atom stereocenters. The molecule has 0 N–H and O–H groups in total. The Hall–Kier alpha value is 0.0938. The summed E-state index contributed by atoms with van der Waals surface area (Å²) in [6.45, 7) is 13.8. The van der Waals surface area contributed by atoms with Gasteiger partial charge in [0.25, 0.3) is 0 Å². The molecule has 1 rings (SSSR count). The normalized spacial score (nSPS) is 23.9. The molecule has 1 unspecified atom stereocenters. The Kier molecular flexibility index (Phi) is 4.34. The number of rotatable bonds is 4. The first-order chi connectivity index (χ1) is 6.87. The Bertz CT molecular complexity index is 221. The third kappa shape index (κ3) is 3.87. The highest BCUT2D eigenvalue weighted by Gasteiger charge is 2.39. The molecule has 1 fully saturated rings. The van der Waals surface area contributed by atoms with Crippen LogP contribution in [0.4, 0.5) is 0 Å². The minimum Gasteiger partial charge on any atom is -0.451 e. The van der Waals surface area contributed by atoms with Crippen molar-refractivity contribution >= 4 is 16.6 Å². The lowest BCUT2D eigenvalue weighted by atomic mass is 10.2. The summed E-state index contributed by atoms with van der Waals surface area (Å²) in [6.07, 6.45) is 3.69. The quantitative estimate of drug-likeness (QED) is 0.707. The molecule has 1 aliphatic heterocycles. The van der Waals surface area contributed by atoms with Crippen molar-refractivity contribution in [2.24, 2.45) is 0 Å². The molecule has 0 amide bonds. The number of hydrogen-bond donors (Lipinski definition) is 0. The summed E-state index contributed by atoms with van der Waals surface area (Å²) in [5, 5.41) is 0. The zero-order valence-electron chi connectivity index (χ0n) is 10.5. The van der Waals surface area contributed by atoms with E-state index in [4.69, 9.17) is 8.85 Å². The van der Waals surface area contributed by atoms with Crippen LogP contribution in [0.3, 0.4) is 0 Å². The molecule has 1 saturated heterocycles. The van der Waals surface area contributed by atoms with Crippen molar-refractivity contribution in [3.8, 4) is 0 Å². The van der Waals surface area contributed by atoms with Gasteiger partial charge in [0, 0.05) is 6.61 Å². The molecule has 0 bridgehead atoms. The first kappa shape index (κ1) is 13.2. The van der Waals surface area contributed by atoms with E-state index in [1.165, 1.54) is 19.3 Å². The Morgan fingerprint density at radius 2 is 1.93 bits per heavy atom. The van der Waals surface area contributed by atoms with E-state index in [0.29, 0.717) is 5.73 Å². The maximum Gasteiger partial charge on any atom is 0.202 e. The van der Waals surface area contributed by atoms with E-state index >= 15 is 0 Å². The minimum atomic E-state index is -1.69. The van der Waals surface area contributed by atoms with Crippen molar-refractivity contribution in [2.45, 2.75) is 51.2 Å². The first-order valence-electron chi connectivity index (χ1n) is 5.83. The second-order valence-corrected chi connectivity index (χ2v) is 13.7. The summed E-state index contributed by atoms with van der Waals surface area (Å²) in [7, 11) is -3.34. The van der Waals surface area contributed by atoms with E-state index in [0.717, 1.165) is 6.61 Å². The average Bonchev–Trinajstić information content (AvgIpc) is 2.18. The average molecular weight is 244 g/mol. The van der Waals surface area contributed by atoms with Gasteiger partial charge in [-0.2, -0.15) is 0 Å². The number of ether oxygens (including phenoxy) is 1. The third-order valence-corrected chi connectivity index (χ3v) is 10.2. The van der Waals surface area contributed by atoms with Crippen LogP contribution in [0.2, 0.25) is 26.2 Å². The van der Waals surface area contributed by atoms with E-state index in [1.807, 2.05) is 5.70 Å². The molecular weight excluding hydrogens is 220 g/mol. The highest BCUT2D eigenvalue weighted by atomic mass is 28.4. The Morgan fingerprint density at radius 1 is 1.27 bits per heavy atom. The van der Waals surface area contributed by atoms with Crippen molar-refractivity contribution in [1.29, 1.82) is 0 Å². The first-order valence-corrected chi connectivity index (χ1v) is 11.8. The number of hydrogen-bond acceptors (Lipinski definition) is 2. The standard InChI is InChI=1S/C11H24O2Si2/c1-6-14(2,3)13-15(4,5)11-9-7-8-10-12-11/h6,11H,1,7-10H2,2-5H3. The van der Waals surface area contributed by atoms with Crippen LogP contribution in [0.1, 0.15) is 19.3 Å². The molecule has 2 nitrogen and oxygen atoms in total. The second kappa shape index (κ2) is 4.95. The highest BCUT2D eigenvalue weighted by molar-refractivity contribution is 6.87. The topological polar surface area (TPSA) is 18.5 Å². The van der Waals surface area contributed by atoms with Crippen LogP contribution in [-0.4, -0.2) is 29.0 Å². The van der Waals surface area contributed by atoms with Gasteiger partial charge in [0.1, 0.15) is 0 Å². The van der Waals surface area contributed by atoms with Crippen molar-refractivity contribution in [3.05, 3.63) is 12.3 Å². The molecule has 0 radical (unpaired) electrons. The summed E-state index contributed by atoms with van der Waals surface area (Å²) in [4.78, 5) is 0. The summed E-state index contributed by atoms with van der Waals surface area (Å²) < 4.78 is 12.2. The fourth-order valence-corrected chi connectivity index (χ4v) is 9.78. The van der Waals surface area contributed by atoms with Crippen LogP contribution in [0.5, 0.6) is 0 Å². The van der Waals surface area contributed by atoms with Crippen LogP contribution in [0.15, 0.2) is 12.3 Å². The van der Waals surface area contributed by atoms with Gasteiger partial charge in [0.05, 0.1) is 5.73 Å². The molecule has 0 aliphatic carbocycles. The third-order valence-electron chi connectivity index (χ3n) is 2.97. The van der Waals surface area contributed by atoms with E-state index in [-0.39, 0.29) is 0 Å². The smallest absolute Gasteiger partial charge is 0.202 e. The van der Waals surface area contributed by atoms with E-state index in [1.54, 1.807) is 0 Å². The van der Waals surface area contributed by atoms with E-state index in [2.05, 4.69) is 32.8 Å². The van der Waals surface area contributed by atoms with Crippen molar-refractivity contribution in [3.63, 3.8) is 0 Å². The van der Waals surface area contributed by atoms with Gasteiger partial charge in [0.15, 0.2) is 8.32 Å². The Morgan fingerprint density at radius 3 is 2.40 bits per heavy atom. The van der Waals surface area contributed by atoms with Crippen molar-refractivity contribution in [2.75, 3.05) is 6.61 Å². The fraction of sp³-hybridized carbons (Fsp3) is 0.818. The fourth-order valence-electron chi connectivity index (χ4n) is 2.07. The Labute approximate surface area is 95.9 Å². The predicted octanol–water partition coefficient (Wildman–Crippen LogP) is 3.25. The SMILES string of the molecule is C=C[Si](C)(C)O[Si](C)(C)C1CCCCO1. The lowest BCUT2D eigenvalue weighted by Crippen LogP contribution is -2.53. The van der Waals surface area contributed by atoms with Gasteiger partial charge in [-0.15, -0.1) is 6.58 Å². The summed E-state index contributed by atoms with van der Waals surface area (Å²) in [5.74, 6) is 0. The Balaban J connectivity index is 2.60. The highest BCUT2D eigenvalue weighted by Crippen LogP contribution is 2.26. The van der Waals surface area contributed by atoms with E-state index in [9.17, 15) is 0 Å². The molecule has 0 aromatic rings. The van der Waals surface area contributed by atoms with Gasteiger partial charge in [-0.25, -0.2) is 0 Å². The summed E-state index contributed by atoms with van der Waals surface area (Å²) in [6, 6.07) is 0. The van der Waals surface area contributed by atoms with Crippen LogP contribution in [-0.2, 0) is 8.85 Å². The van der Waals surface area contributed by atoms with Crippen LogP contribution >= 0.6 is 0 Å². The maximum absolute atomic E-state index is 6.35. The van der Waals surface area contributed by atoms with Gasteiger partial charge < -0.3 is 8.85 Å². The van der Waals surface area contributed by atoms with Crippen molar-refractivity contribution in [1.82, 2.24) is 0 Å². The van der Waals surface area contributed by atoms with Crippen molar-refractivity contribution < 1.29 is 8.85 Å². The zero-order valence-corrected chi connectivity index (χ0v) is 12.5. The van der Waals surface area contributed by atoms with Gasteiger partial charge in [-0.1, -0.05) is 5.70 Å². The molecule has 88 valence electrons. The zero-order chi connectivity index (χ0) is 11.5.